The van der Waals surface area contributed by atoms with Crippen molar-refractivity contribution in [3.8, 4) is 11.1 Å². The third kappa shape index (κ3) is 5.54. The number of nitrogens with one attached hydrogen (secondary N) is 2. The molecule has 9 nitrogen and oxygen atoms in total. The van der Waals surface area contributed by atoms with Gasteiger partial charge >= 0.3 is 18.0 Å². The van der Waals surface area contributed by atoms with E-state index in [0.29, 0.717) is 0 Å². The number of aliphatic carboxylic acids is 1. The molecule has 0 radical (unpaired) electrons. The molecule has 0 heterocycles. The third-order valence-electron chi connectivity index (χ3n) is 6.07. The van der Waals surface area contributed by atoms with Gasteiger partial charge < -0.3 is 25.2 Å². The SMILES string of the molecule is COC(=O)C[C@H](NC(=O)C(C)C(C)NC(=O)OCC1c2ccccc2-c2ccccc21)C(=O)O. The van der Waals surface area contributed by atoms with E-state index in [9.17, 15) is 24.3 Å². The summed E-state index contributed by atoms with van der Waals surface area (Å²) in [4.78, 5) is 47.6. The quantitative estimate of drug-likeness (QED) is 0.482. The lowest BCUT2D eigenvalue weighted by molar-refractivity contribution is -0.149. The second-order valence-electron chi connectivity index (χ2n) is 8.23. The molecule has 2 aromatic carbocycles. The maximum absolute atomic E-state index is 12.5. The van der Waals surface area contributed by atoms with Crippen LogP contribution in [0.1, 0.15) is 37.3 Å². The molecule has 3 atom stereocenters. The molecule has 0 fully saturated rings. The molecule has 2 unspecified atom stereocenters. The minimum Gasteiger partial charge on any atom is -0.480 e. The van der Waals surface area contributed by atoms with Crippen LogP contribution < -0.4 is 10.6 Å². The van der Waals surface area contributed by atoms with Crippen LogP contribution in [0, 0.1) is 5.92 Å². The molecular formula is C25H28N2O7. The number of carbonyl (C=O) groups is 4. The predicted octanol–water partition coefficient (Wildman–Crippen LogP) is 2.68. The number of esters is 1. The lowest BCUT2D eigenvalue weighted by Gasteiger charge is -2.23. The highest BCUT2D eigenvalue weighted by molar-refractivity contribution is 5.88. The Balaban J connectivity index is 1.56. The number of carbonyl (C=O) groups excluding carboxylic acids is 3. The fourth-order valence-corrected chi connectivity index (χ4v) is 3.93. The third-order valence-corrected chi connectivity index (χ3v) is 6.07. The summed E-state index contributed by atoms with van der Waals surface area (Å²) in [5.74, 6) is -3.61. The molecule has 0 saturated carbocycles. The highest BCUT2D eigenvalue weighted by Gasteiger charge is 2.31. The van der Waals surface area contributed by atoms with E-state index >= 15 is 0 Å². The lowest BCUT2D eigenvalue weighted by Crippen LogP contribution is -2.49. The summed E-state index contributed by atoms with van der Waals surface area (Å²) in [6.07, 6.45) is -1.18. The standard InChI is InChI=1S/C25H28N2O7/c1-14(23(29)27-21(24(30)31)12-22(28)33-3)15(2)26-25(32)34-13-20-18-10-6-4-8-16(18)17-9-5-7-11-19(17)20/h4-11,14-15,20-21H,12-13H2,1-3H3,(H,26,32)(H,27,29)(H,30,31)/t14?,15?,21-/m0/s1. The van der Waals surface area contributed by atoms with Crippen LogP contribution >= 0.6 is 0 Å². The van der Waals surface area contributed by atoms with Crippen LogP contribution in [0.3, 0.4) is 0 Å². The summed E-state index contributed by atoms with van der Waals surface area (Å²) in [6, 6.07) is 13.9. The van der Waals surface area contributed by atoms with Crippen LogP contribution in [-0.4, -0.2) is 54.8 Å². The van der Waals surface area contributed by atoms with Crippen molar-refractivity contribution >= 4 is 23.9 Å². The minimum atomic E-state index is -1.43. The first-order valence-corrected chi connectivity index (χ1v) is 10.9. The van der Waals surface area contributed by atoms with E-state index in [1.54, 1.807) is 13.8 Å². The Morgan fingerprint density at radius 1 is 0.941 bits per heavy atom. The summed E-state index contributed by atoms with van der Waals surface area (Å²) >= 11 is 0. The van der Waals surface area contributed by atoms with E-state index in [1.165, 1.54) is 0 Å². The molecule has 0 bridgehead atoms. The van der Waals surface area contributed by atoms with Crippen LogP contribution in [0.25, 0.3) is 11.1 Å². The number of amides is 2. The molecule has 2 aromatic rings. The van der Waals surface area contributed by atoms with Crippen LogP contribution in [0.4, 0.5) is 4.79 Å². The number of alkyl carbamates (subject to hydrolysis) is 1. The fourth-order valence-electron chi connectivity index (χ4n) is 3.93. The zero-order valence-corrected chi connectivity index (χ0v) is 19.2. The maximum atomic E-state index is 12.5. The largest absolute Gasteiger partial charge is 0.480 e. The number of carboxylic acids is 1. The van der Waals surface area contributed by atoms with Crippen molar-refractivity contribution in [2.24, 2.45) is 5.92 Å². The van der Waals surface area contributed by atoms with Crippen molar-refractivity contribution in [3.63, 3.8) is 0 Å². The second-order valence-corrected chi connectivity index (χ2v) is 8.23. The maximum Gasteiger partial charge on any atom is 0.407 e. The van der Waals surface area contributed by atoms with E-state index in [0.717, 1.165) is 29.4 Å². The second kappa shape index (κ2) is 10.8. The van der Waals surface area contributed by atoms with Crippen LogP contribution in [-0.2, 0) is 23.9 Å². The van der Waals surface area contributed by atoms with Crippen molar-refractivity contribution < 1.29 is 33.8 Å². The summed E-state index contributed by atoms with van der Waals surface area (Å²) < 4.78 is 9.95. The molecule has 1 aliphatic carbocycles. The zero-order chi connectivity index (χ0) is 24.8. The van der Waals surface area contributed by atoms with Gasteiger partial charge in [0.25, 0.3) is 0 Å². The van der Waals surface area contributed by atoms with Gasteiger partial charge in [-0.1, -0.05) is 55.5 Å². The van der Waals surface area contributed by atoms with Crippen molar-refractivity contribution in [1.82, 2.24) is 10.6 Å². The van der Waals surface area contributed by atoms with Crippen molar-refractivity contribution in [1.29, 1.82) is 0 Å². The molecule has 0 spiro atoms. The van der Waals surface area contributed by atoms with E-state index in [1.807, 2.05) is 48.5 Å². The van der Waals surface area contributed by atoms with Crippen LogP contribution in [0.5, 0.6) is 0 Å². The predicted molar refractivity (Wildman–Crippen MR) is 123 cm³/mol. The van der Waals surface area contributed by atoms with E-state index in [2.05, 4.69) is 15.4 Å². The van der Waals surface area contributed by atoms with Gasteiger partial charge in [-0.25, -0.2) is 9.59 Å². The smallest absolute Gasteiger partial charge is 0.407 e. The monoisotopic (exact) mass is 468 g/mol. The van der Waals surface area contributed by atoms with Crippen LogP contribution in [0.15, 0.2) is 48.5 Å². The normalized spacial score (nSPS) is 14.7. The Bertz CT molecular complexity index is 1040. The Morgan fingerprint density at radius 2 is 1.50 bits per heavy atom. The number of rotatable bonds is 9. The molecule has 3 N–H and O–H groups in total. The first kappa shape index (κ1) is 24.8. The van der Waals surface area contributed by atoms with Gasteiger partial charge in [0, 0.05) is 12.0 Å². The number of fused-ring (bicyclic) bond motifs is 3. The lowest BCUT2D eigenvalue weighted by atomic mass is 9.98. The number of ether oxygens (including phenoxy) is 2. The highest BCUT2D eigenvalue weighted by Crippen LogP contribution is 2.44. The van der Waals surface area contributed by atoms with E-state index < -0.39 is 48.4 Å². The van der Waals surface area contributed by atoms with Crippen molar-refractivity contribution in [2.75, 3.05) is 13.7 Å². The summed E-state index contributed by atoms with van der Waals surface area (Å²) in [5.41, 5.74) is 4.40. The Morgan fingerprint density at radius 3 is 2.03 bits per heavy atom. The molecule has 3 rings (SSSR count). The van der Waals surface area contributed by atoms with Gasteiger partial charge in [-0.3, -0.25) is 9.59 Å². The number of methoxy groups -OCH3 is 1. The van der Waals surface area contributed by atoms with Gasteiger partial charge in [-0.2, -0.15) is 0 Å². The first-order valence-electron chi connectivity index (χ1n) is 10.9. The van der Waals surface area contributed by atoms with Gasteiger partial charge in [-0.15, -0.1) is 0 Å². The molecule has 2 amide bonds. The Kier molecular flexibility index (Phi) is 7.88. The van der Waals surface area contributed by atoms with Crippen LogP contribution in [0.2, 0.25) is 0 Å². The van der Waals surface area contributed by atoms with Gasteiger partial charge in [0.05, 0.1) is 19.4 Å². The molecule has 34 heavy (non-hydrogen) atoms. The first-order chi connectivity index (χ1) is 16.2. The number of hydrogen-bond acceptors (Lipinski definition) is 6. The average Bonchev–Trinajstić information content (AvgIpc) is 3.15. The highest BCUT2D eigenvalue weighted by atomic mass is 16.5. The summed E-state index contributed by atoms with van der Waals surface area (Å²) in [5, 5.41) is 14.2. The molecule has 180 valence electrons. The van der Waals surface area contributed by atoms with Crippen molar-refractivity contribution in [3.05, 3.63) is 59.7 Å². The van der Waals surface area contributed by atoms with Gasteiger partial charge in [-0.05, 0) is 29.2 Å². The number of carboxylic acid groups (broad SMARTS) is 1. The fraction of sp³-hybridized carbons (Fsp3) is 0.360. The molecule has 0 aliphatic heterocycles. The molecule has 0 aromatic heterocycles. The minimum absolute atomic E-state index is 0.0937. The molecule has 9 heteroatoms. The number of hydrogen-bond donors (Lipinski definition) is 3. The Labute approximate surface area is 197 Å². The van der Waals surface area contributed by atoms with Crippen molar-refractivity contribution in [2.45, 2.75) is 38.3 Å². The Hall–Kier alpha value is -3.88. The number of benzene rings is 2. The average molecular weight is 469 g/mol. The van der Waals surface area contributed by atoms with Gasteiger partial charge in [0.15, 0.2) is 0 Å². The van der Waals surface area contributed by atoms with Gasteiger partial charge in [0.2, 0.25) is 5.91 Å². The van der Waals surface area contributed by atoms with E-state index in [-0.39, 0.29) is 12.5 Å². The zero-order valence-electron chi connectivity index (χ0n) is 19.2. The van der Waals surface area contributed by atoms with Gasteiger partial charge in [0.1, 0.15) is 12.6 Å². The molecule has 1 aliphatic rings. The summed E-state index contributed by atoms with van der Waals surface area (Å²) in [7, 11) is 1.13. The molecule has 0 saturated heterocycles. The summed E-state index contributed by atoms with van der Waals surface area (Å²) in [6.45, 7) is 3.29. The van der Waals surface area contributed by atoms with E-state index in [4.69, 9.17) is 4.74 Å². The molecular weight excluding hydrogens is 440 g/mol. The topological polar surface area (TPSA) is 131 Å².